The van der Waals surface area contributed by atoms with Crippen LogP contribution in [0.25, 0.3) is 10.9 Å². The van der Waals surface area contributed by atoms with Gasteiger partial charge >= 0.3 is 0 Å². The molecule has 8 nitrogen and oxygen atoms in total. The average Bonchev–Trinajstić information content (AvgIpc) is 3.56. The molecule has 0 spiro atoms. The number of hydrogen-bond acceptors (Lipinski definition) is 6. The second kappa shape index (κ2) is 8.94. The van der Waals surface area contributed by atoms with E-state index in [4.69, 9.17) is 16.3 Å². The molecule has 1 aliphatic carbocycles. The molecule has 1 amide bonds. The van der Waals surface area contributed by atoms with Crippen molar-refractivity contribution in [1.29, 1.82) is 0 Å². The number of pyridine rings is 1. The second-order valence-corrected chi connectivity index (χ2v) is 9.91. The highest BCUT2D eigenvalue weighted by Crippen LogP contribution is 2.39. The Morgan fingerprint density at radius 2 is 2.03 bits per heavy atom. The van der Waals surface area contributed by atoms with Gasteiger partial charge in [0.15, 0.2) is 0 Å². The summed E-state index contributed by atoms with van der Waals surface area (Å²) in [4.78, 5) is 29.1. The number of fused-ring (bicyclic) bond motifs is 3. The summed E-state index contributed by atoms with van der Waals surface area (Å²) >= 11 is 6.53. The van der Waals surface area contributed by atoms with Gasteiger partial charge in [0.05, 0.1) is 41.7 Å². The summed E-state index contributed by atoms with van der Waals surface area (Å²) in [6.45, 7) is 7.51. The Balaban J connectivity index is 1.38. The first kappa shape index (κ1) is 23.1. The molecule has 9 heteroatoms. The number of nitrogens with zero attached hydrogens (tertiary/aromatic N) is 6. The van der Waals surface area contributed by atoms with Crippen molar-refractivity contribution in [2.45, 2.75) is 65.3 Å². The van der Waals surface area contributed by atoms with Crippen LogP contribution in [0, 0.1) is 6.92 Å². The molecule has 4 heterocycles. The topological polar surface area (TPSA) is 86.0 Å². The summed E-state index contributed by atoms with van der Waals surface area (Å²) in [6.07, 6.45) is 7.35. The van der Waals surface area contributed by atoms with Crippen LogP contribution in [0.2, 0.25) is 5.15 Å². The van der Waals surface area contributed by atoms with Gasteiger partial charge in [-0.2, -0.15) is 5.10 Å². The molecule has 2 aliphatic rings. The van der Waals surface area contributed by atoms with E-state index in [0.717, 1.165) is 57.6 Å². The van der Waals surface area contributed by atoms with Crippen LogP contribution in [-0.2, 0) is 24.4 Å². The van der Waals surface area contributed by atoms with Crippen LogP contribution < -0.4 is 4.90 Å². The molecular formula is C27H27ClN6O2. The van der Waals surface area contributed by atoms with Crippen molar-refractivity contribution in [3.8, 4) is 0 Å². The van der Waals surface area contributed by atoms with Crippen molar-refractivity contribution in [2.24, 2.45) is 0 Å². The Labute approximate surface area is 214 Å². The number of carbonyl (C=O) groups is 1. The lowest BCUT2D eigenvalue weighted by Gasteiger charge is -2.22. The van der Waals surface area contributed by atoms with E-state index in [9.17, 15) is 4.79 Å². The summed E-state index contributed by atoms with van der Waals surface area (Å²) in [5.74, 6) is 1.08. The molecule has 4 aromatic rings. The second-order valence-electron chi connectivity index (χ2n) is 9.55. The average molecular weight is 503 g/mol. The molecule has 1 atom stereocenters. The van der Waals surface area contributed by atoms with E-state index >= 15 is 0 Å². The van der Waals surface area contributed by atoms with Crippen LogP contribution in [0.5, 0.6) is 0 Å². The monoisotopic (exact) mass is 502 g/mol. The van der Waals surface area contributed by atoms with Gasteiger partial charge in [0.1, 0.15) is 11.0 Å². The Hall–Kier alpha value is -3.36. The normalized spacial score (nSPS) is 16.9. The lowest BCUT2D eigenvalue weighted by atomic mass is 10.0. The number of hydrogen-bond donors (Lipinski definition) is 0. The van der Waals surface area contributed by atoms with E-state index in [1.165, 1.54) is 0 Å². The van der Waals surface area contributed by atoms with Crippen molar-refractivity contribution in [1.82, 2.24) is 24.7 Å². The van der Waals surface area contributed by atoms with Crippen LogP contribution in [0.4, 0.5) is 5.69 Å². The van der Waals surface area contributed by atoms with Gasteiger partial charge in [-0.15, -0.1) is 0 Å². The zero-order valence-electron chi connectivity index (χ0n) is 20.5. The van der Waals surface area contributed by atoms with Gasteiger partial charge in [0, 0.05) is 42.0 Å². The van der Waals surface area contributed by atoms with Gasteiger partial charge in [-0.3, -0.25) is 9.48 Å². The van der Waals surface area contributed by atoms with Gasteiger partial charge in [0.25, 0.3) is 5.91 Å². The third-order valence-electron chi connectivity index (χ3n) is 7.02. The summed E-state index contributed by atoms with van der Waals surface area (Å²) in [5.41, 5.74) is 5.77. The first-order valence-electron chi connectivity index (χ1n) is 12.3. The number of benzene rings is 1. The Kier molecular flexibility index (Phi) is 5.73. The third kappa shape index (κ3) is 4.04. The zero-order chi connectivity index (χ0) is 25.0. The van der Waals surface area contributed by atoms with Crippen molar-refractivity contribution < 1.29 is 9.53 Å². The van der Waals surface area contributed by atoms with Crippen molar-refractivity contribution in [2.75, 3.05) is 4.90 Å². The maximum atomic E-state index is 13.8. The van der Waals surface area contributed by atoms with Gasteiger partial charge < -0.3 is 9.64 Å². The minimum Gasteiger partial charge on any atom is -0.369 e. The molecule has 1 saturated carbocycles. The van der Waals surface area contributed by atoms with E-state index in [-0.39, 0.29) is 12.0 Å². The smallest absolute Gasteiger partial charge is 0.261 e. The molecule has 0 radical (unpaired) electrons. The van der Waals surface area contributed by atoms with E-state index in [1.807, 2.05) is 49.8 Å². The SMILES string of the molecule is CCn1cc(N(Cc2ccc3c4c(c(Cl)nc3c2)[C@@H](C)OC4)C(=O)c2cnc(C3CC3)nc2)c(C)n1. The molecule has 3 aromatic heterocycles. The molecule has 0 saturated heterocycles. The largest absolute Gasteiger partial charge is 0.369 e. The molecule has 184 valence electrons. The van der Waals surface area contributed by atoms with Crippen LogP contribution in [0.1, 0.15) is 77.3 Å². The van der Waals surface area contributed by atoms with Crippen LogP contribution in [-0.4, -0.2) is 30.6 Å². The minimum atomic E-state index is -0.168. The van der Waals surface area contributed by atoms with Crippen molar-refractivity contribution >= 4 is 34.1 Å². The van der Waals surface area contributed by atoms with E-state index in [0.29, 0.717) is 36.3 Å². The highest BCUT2D eigenvalue weighted by molar-refractivity contribution is 6.31. The maximum Gasteiger partial charge on any atom is 0.261 e. The zero-order valence-corrected chi connectivity index (χ0v) is 21.3. The molecule has 1 aliphatic heterocycles. The van der Waals surface area contributed by atoms with Crippen LogP contribution in [0.15, 0.2) is 36.8 Å². The lowest BCUT2D eigenvalue weighted by Crippen LogP contribution is -2.31. The molecule has 36 heavy (non-hydrogen) atoms. The number of anilines is 1. The Morgan fingerprint density at radius 1 is 1.25 bits per heavy atom. The Morgan fingerprint density at radius 3 is 2.72 bits per heavy atom. The predicted octanol–water partition coefficient (Wildman–Crippen LogP) is 5.52. The first-order valence-corrected chi connectivity index (χ1v) is 12.7. The minimum absolute atomic E-state index is 0.0659. The summed E-state index contributed by atoms with van der Waals surface area (Å²) in [6, 6.07) is 6.08. The molecular weight excluding hydrogens is 476 g/mol. The maximum absolute atomic E-state index is 13.8. The number of halogens is 1. The first-order chi connectivity index (χ1) is 17.4. The fourth-order valence-electron chi connectivity index (χ4n) is 4.86. The standard InChI is InChI=1S/C27H27ClN6O2/c1-4-33-13-23(15(2)32-33)34(27(35)19-10-29-26(30-11-19)18-6-7-18)12-17-5-8-20-21-14-36-16(3)24(21)25(28)31-22(20)9-17/h5,8-11,13,16,18H,4,6-7,12,14H2,1-3H3/t16-/m1/s1. The summed E-state index contributed by atoms with van der Waals surface area (Å²) < 4.78 is 7.64. The fourth-order valence-corrected chi connectivity index (χ4v) is 5.22. The predicted molar refractivity (Wildman–Crippen MR) is 137 cm³/mol. The number of amides is 1. The highest BCUT2D eigenvalue weighted by Gasteiger charge is 2.29. The van der Waals surface area contributed by atoms with Gasteiger partial charge in [0.2, 0.25) is 0 Å². The van der Waals surface area contributed by atoms with Gasteiger partial charge in [-0.05, 0) is 50.8 Å². The van der Waals surface area contributed by atoms with E-state index < -0.39 is 0 Å². The van der Waals surface area contributed by atoms with Crippen molar-refractivity contribution in [3.05, 3.63) is 75.7 Å². The third-order valence-corrected chi connectivity index (χ3v) is 7.31. The molecule has 1 aromatic carbocycles. The van der Waals surface area contributed by atoms with Gasteiger partial charge in [-0.1, -0.05) is 23.7 Å². The number of ether oxygens (including phenoxy) is 1. The number of aryl methyl sites for hydroxylation is 2. The van der Waals surface area contributed by atoms with Crippen LogP contribution in [0.3, 0.4) is 0 Å². The van der Waals surface area contributed by atoms with Crippen molar-refractivity contribution in [3.63, 3.8) is 0 Å². The van der Waals surface area contributed by atoms with E-state index in [1.54, 1.807) is 17.3 Å². The molecule has 0 unspecified atom stereocenters. The molecule has 1 fully saturated rings. The van der Waals surface area contributed by atoms with E-state index in [2.05, 4.69) is 20.1 Å². The molecule has 0 N–H and O–H groups in total. The molecule has 6 rings (SSSR count). The highest BCUT2D eigenvalue weighted by atomic mass is 35.5. The summed E-state index contributed by atoms with van der Waals surface area (Å²) in [5, 5.41) is 6.07. The summed E-state index contributed by atoms with van der Waals surface area (Å²) in [7, 11) is 0. The number of carbonyl (C=O) groups excluding carboxylic acids is 1. The Bertz CT molecular complexity index is 1480. The fraction of sp³-hybridized carbons (Fsp3) is 0.370. The van der Waals surface area contributed by atoms with Crippen LogP contribution >= 0.6 is 11.6 Å². The quantitative estimate of drug-likeness (QED) is 0.323. The molecule has 0 bridgehead atoms. The lowest BCUT2D eigenvalue weighted by molar-refractivity contribution is 0.0799. The number of aromatic nitrogens is 5. The number of rotatable bonds is 6. The van der Waals surface area contributed by atoms with Gasteiger partial charge in [-0.25, -0.2) is 15.0 Å².